The Hall–Kier alpha value is -1.74. The average Bonchev–Trinajstić information content (AvgIpc) is 2.19. The van der Waals surface area contributed by atoms with Gasteiger partial charge in [0.05, 0.1) is 11.3 Å². The van der Waals surface area contributed by atoms with E-state index in [1.165, 1.54) is 13.0 Å². The van der Waals surface area contributed by atoms with E-state index in [9.17, 15) is 9.18 Å². The minimum atomic E-state index is -1.34. The van der Waals surface area contributed by atoms with Crippen LogP contribution in [0.15, 0.2) is 12.1 Å². The number of thiol groups is 1. The second-order valence-electron chi connectivity index (χ2n) is 3.48. The molecule has 1 aromatic carbocycles. The quantitative estimate of drug-likeness (QED) is 0.676. The van der Waals surface area contributed by atoms with Crippen molar-refractivity contribution in [3.63, 3.8) is 0 Å². The Morgan fingerprint density at radius 2 is 2.31 bits per heavy atom. The van der Waals surface area contributed by atoms with Crippen molar-refractivity contribution in [3.8, 4) is 11.8 Å². The van der Waals surface area contributed by atoms with Gasteiger partial charge in [0.25, 0.3) is 5.91 Å². The van der Waals surface area contributed by atoms with Crippen molar-refractivity contribution >= 4 is 24.2 Å². The summed E-state index contributed by atoms with van der Waals surface area (Å²) in [5, 5.41) is 11.1. The van der Waals surface area contributed by atoms with Crippen molar-refractivity contribution in [2.45, 2.75) is 11.9 Å². The number of carbonyl (C=O) groups excluding carboxylic acids is 1. The summed E-state index contributed by atoms with van der Waals surface area (Å²) in [4.78, 5) is 10.1. The van der Waals surface area contributed by atoms with Crippen LogP contribution in [0.1, 0.15) is 12.5 Å². The first-order chi connectivity index (χ1) is 7.44. The van der Waals surface area contributed by atoms with Crippen LogP contribution in [0.3, 0.4) is 0 Å². The normalized spacial score (nSPS) is 22.8. The minimum absolute atomic E-state index is 0.148. The fourth-order valence-electron chi connectivity index (χ4n) is 1.32. The number of nitrogens with one attached hydrogen (secondary N) is 1. The molecule has 6 heteroatoms. The largest absolute Gasteiger partial charge is 0.465 e. The van der Waals surface area contributed by atoms with Gasteiger partial charge in [0.15, 0.2) is 0 Å². The molecule has 1 N–H and O–H groups in total. The predicted molar refractivity (Wildman–Crippen MR) is 57.8 cm³/mol. The molecule has 0 aliphatic carbocycles. The van der Waals surface area contributed by atoms with Gasteiger partial charge in [-0.05, 0) is 13.0 Å². The summed E-state index contributed by atoms with van der Waals surface area (Å²) in [5.74, 6) is -0.992. The van der Waals surface area contributed by atoms with Gasteiger partial charge in [0.1, 0.15) is 17.6 Å². The van der Waals surface area contributed by atoms with Gasteiger partial charge in [-0.1, -0.05) is 0 Å². The summed E-state index contributed by atoms with van der Waals surface area (Å²) in [6.45, 7) is 1.45. The van der Waals surface area contributed by atoms with Crippen LogP contribution in [-0.4, -0.2) is 10.8 Å². The number of nitriles is 1. The third kappa shape index (κ3) is 1.59. The average molecular weight is 238 g/mol. The number of nitrogens with zero attached hydrogens (tertiary/aromatic N) is 1. The van der Waals surface area contributed by atoms with Crippen LogP contribution in [0.2, 0.25) is 0 Å². The Labute approximate surface area is 96.4 Å². The van der Waals surface area contributed by atoms with E-state index in [1.807, 2.05) is 0 Å². The molecule has 0 aromatic heterocycles. The van der Waals surface area contributed by atoms with E-state index in [0.717, 1.165) is 6.07 Å². The van der Waals surface area contributed by atoms with Crippen molar-refractivity contribution in [1.29, 1.82) is 5.26 Å². The van der Waals surface area contributed by atoms with Crippen LogP contribution >= 0.6 is 12.6 Å². The molecule has 16 heavy (non-hydrogen) atoms. The summed E-state index contributed by atoms with van der Waals surface area (Å²) in [6, 6.07) is 3.97. The predicted octanol–water partition coefficient (Wildman–Crippen LogP) is 1.67. The molecule has 1 amide bonds. The first kappa shape index (κ1) is 10.8. The van der Waals surface area contributed by atoms with Crippen molar-refractivity contribution in [1.82, 2.24) is 0 Å². The number of benzene rings is 1. The van der Waals surface area contributed by atoms with Gasteiger partial charge in [-0.15, -0.1) is 12.6 Å². The van der Waals surface area contributed by atoms with E-state index >= 15 is 0 Å². The summed E-state index contributed by atoms with van der Waals surface area (Å²) < 4.78 is 18.5. The number of hydrogen-bond donors (Lipinski definition) is 2. The van der Waals surface area contributed by atoms with Crippen LogP contribution < -0.4 is 10.1 Å². The van der Waals surface area contributed by atoms with Crippen molar-refractivity contribution in [3.05, 3.63) is 23.5 Å². The lowest BCUT2D eigenvalue weighted by Crippen LogP contribution is -2.43. The Morgan fingerprint density at radius 1 is 1.62 bits per heavy atom. The monoisotopic (exact) mass is 238 g/mol. The SMILES string of the molecule is CC1(S)Oc2cc(F)c(C#N)cc2NC1=O. The van der Waals surface area contributed by atoms with Gasteiger partial charge in [-0.25, -0.2) is 4.39 Å². The molecule has 1 unspecified atom stereocenters. The highest BCUT2D eigenvalue weighted by atomic mass is 32.1. The van der Waals surface area contributed by atoms with Crippen LogP contribution in [-0.2, 0) is 4.79 Å². The van der Waals surface area contributed by atoms with E-state index in [2.05, 4.69) is 17.9 Å². The van der Waals surface area contributed by atoms with Gasteiger partial charge in [0.2, 0.25) is 4.93 Å². The zero-order valence-corrected chi connectivity index (χ0v) is 9.14. The number of hydrogen-bond acceptors (Lipinski definition) is 4. The van der Waals surface area contributed by atoms with Gasteiger partial charge >= 0.3 is 0 Å². The molecule has 0 radical (unpaired) electrons. The van der Waals surface area contributed by atoms with E-state index in [1.54, 1.807) is 6.07 Å². The van der Waals surface area contributed by atoms with Crippen molar-refractivity contribution in [2.24, 2.45) is 0 Å². The number of halogens is 1. The summed E-state index contributed by atoms with van der Waals surface area (Å²) in [7, 11) is 0. The highest BCUT2D eigenvalue weighted by Crippen LogP contribution is 2.36. The van der Waals surface area contributed by atoms with Gasteiger partial charge in [-0.2, -0.15) is 5.26 Å². The first-order valence-electron chi connectivity index (χ1n) is 4.40. The van der Waals surface area contributed by atoms with Crippen LogP contribution in [0, 0.1) is 17.1 Å². The molecule has 82 valence electrons. The van der Waals surface area contributed by atoms with Crippen LogP contribution in [0.25, 0.3) is 0 Å². The molecule has 0 saturated carbocycles. The third-order valence-electron chi connectivity index (χ3n) is 2.17. The molecule has 0 bridgehead atoms. The fourth-order valence-corrected chi connectivity index (χ4v) is 1.48. The number of rotatable bonds is 0. The van der Waals surface area contributed by atoms with Crippen molar-refractivity contribution in [2.75, 3.05) is 5.32 Å². The molecule has 1 atom stereocenters. The zero-order chi connectivity index (χ0) is 11.9. The van der Waals surface area contributed by atoms with Crippen LogP contribution in [0.5, 0.6) is 5.75 Å². The van der Waals surface area contributed by atoms with E-state index in [4.69, 9.17) is 10.00 Å². The molecule has 2 rings (SSSR count). The zero-order valence-electron chi connectivity index (χ0n) is 8.24. The first-order valence-corrected chi connectivity index (χ1v) is 4.85. The van der Waals surface area contributed by atoms with E-state index in [-0.39, 0.29) is 17.0 Å². The number of ether oxygens (including phenoxy) is 1. The van der Waals surface area contributed by atoms with Crippen LogP contribution in [0.4, 0.5) is 10.1 Å². The molecule has 1 heterocycles. The molecular formula is C10H7FN2O2S. The highest BCUT2D eigenvalue weighted by Gasteiger charge is 2.37. The maximum Gasteiger partial charge on any atom is 0.278 e. The van der Waals surface area contributed by atoms with Crippen molar-refractivity contribution < 1.29 is 13.9 Å². The summed E-state index contributed by atoms with van der Waals surface area (Å²) >= 11 is 4.00. The molecule has 4 nitrogen and oxygen atoms in total. The Morgan fingerprint density at radius 3 is 2.94 bits per heavy atom. The Bertz CT molecular complexity index is 522. The number of amides is 1. The molecule has 1 aliphatic rings. The standard InChI is InChI=1S/C10H7FN2O2S/c1-10(16)9(14)13-7-2-5(4-12)6(11)3-8(7)15-10/h2-3,16H,1H3,(H,13,14). The summed E-state index contributed by atoms with van der Waals surface area (Å²) in [5.41, 5.74) is 0.125. The molecule has 0 fully saturated rings. The Kier molecular flexibility index (Phi) is 2.28. The number of fused-ring (bicyclic) bond motifs is 1. The number of carbonyl (C=O) groups is 1. The maximum absolute atomic E-state index is 13.3. The lowest BCUT2D eigenvalue weighted by molar-refractivity contribution is -0.124. The van der Waals surface area contributed by atoms with E-state index < -0.39 is 16.7 Å². The molecule has 1 aromatic rings. The van der Waals surface area contributed by atoms with Gasteiger partial charge < -0.3 is 10.1 Å². The smallest absolute Gasteiger partial charge is 0.278 e. The Balaban J connectivity index is 2.54. The molecule has 0 saturated heterocycles. The summed E-state index contributed by atoms with van der Waals surface area (Å²) in [6.07, 6.45) is 0. The molecular weight excluding hydrogens is 231 g/mol. The fraction of sp³-hybridized carbons (Fsp3) is 0.200. The second-order valence-corrected chi connectivity index (χ2v) is 4.33. The number of anilines is 1. The van der Waals surface area contributed by atoms with Gasteiger partial charge in [0, 0.05) is 6.07 Å². The highest BCUT2D eigenvalue weighted by molar-refractivity contribution is 7.82. The minimum Gasteiger partial charge on any atom is -0.465 e. The topological polar surface area (TPSA) is 62.1 Å². The molecule has 0 spiro atoms. The van der Waals surface area contributed by atoms with Gasteiger partial charge in [-0.3, -0.25) is 4.79 Å². The van der Waals surface area contributed by atoms with E-state index in [0.29, 0.717) is 0 Å². The second kappa shape index (κ2) is 3.39. The lowest BCUT2D eigenvalue weighted by atomic mass is 10.1. The molecule has 1 aliphatic heterocycles. The lowest BCUT2D eigenvalue weighted by Gasteiger charge is -2.30. The third-order valence-corrected chi connectivity index (χ3v) is 2.46. The maximum atomic E-state index is 13.3.